The van der Waals surface area contributed by atoms with Gasteiger partial charge in [0.25, 0.3) is 0 Å². The first-order valence-corrected chi connectivity index (χ1v) is 8.17. The molecule has 0 radical (unpaired) electrons. The smallest absolute Gasteiger partial charge is 0.308 e. The summed E-state index contributed by atoms with van der Waals surface area (Å²) < 4.78 is 5.36. The topological polar surface area (TPSA) is 66.8 Å². The molecular weight excluding hydrogens is 270 g/mol. The fourth-order valence-corrected chi connectivity index (χ4v) is 3.98. The fraction of sp³-hybridized carbons (Fsp3) is 0.875. The fourth-order valence-electron chi connectivity index (χ4n) is 3.98. The molecule has 118 valence electrons. The van der Waals surface area contributed by atoms with Gasteiger partial charge in [-0.2, -0.15) is 0 Å². The average Bonchev–Trinajstić information content (AvgIpc) is 3.25. The Bertz CT molecular complexity index is 415. The van der Waals surface area contributed by atoms with E-state index in [2.05, 4.69) is 0 Å². The quantitative estimate of drug-likeness (QED) is 0.856. The van der Waals surface area contributed by atoms with Crippen LogP contribution in [0.1, 0.15) is 32.6 Å². The van der Waals surface area contributed by atoms with E-state index in [1.165, 1.54) is 0 Å². The minimum Gasteiger partial charge on any atom is -0.481 e. The van der Waals surface area contributed by atoms with Gasteiger partial charge in [0.15, 0.2) is 0 Å². The molecule has 2 saturated heterocycles. The molecule has 3 rings (SSSR count). The summed E-state index contributed by atoms with van der Waals surface area (Å²) >= 11 is 0. The predicted octanol–water partition coefficient (Wildman–Crippen LogP) is 1.62. The zero-order valence-electron chi connectivity index (χ0n) is 12.7. The first-order valence-electron chi connectivity index (χ1n) is 8.17. The molecule has 21 heavy (non-hydrogen) atoms. The van der Waals surface area contributed by atoms with Gasteiger partial charge >= 0.3 is 5.97 Å². The van der Waals surface area contributed by atoms with Gasteiger partial charge in [0.2, 0.25) is 5.91 Å². The van der Waals surface area contributed by atoms with Gasteiger partial charge in [0, 0.05) is 32.2 Å². The molecule has 1 unspecified atom stereocenters. The summed E-state index contributed by atoms with van der Waals surface area (Å²) in [5.41, 5.74) is 0. The minimum atomic E-state index is -0.735. The third-order valence-electron chi connectivity index (χ3n) is 5.58. The normalized spacial score (nSPS) is 32.1. The molecule has 0 aromatic carbocycles. The second-order valence-electron chi connectivity index (χ2n) is 6.93. The molecule has 1 N–H and O–H groups in total. The van der Waals surface area contributed by atoms with Gasteiger partial charge < -0.3 is 14.7 Å². The molecule has 5 nitrogen and oxygen atoms in total. The van der Waals surface area contributed by atoms with E-state index >= 15 is 0 Å². The minimum absolute atomic E-state index is 0.0127. The highest BCUT2D eigenvalue weighted by atomic mass is 16.5. The van der Waals surface area contributed by atoms with Crippen LogP contribution in [0.4, 0.5) is 0 Å². The molecule has 0 aromatic rings. The van der Waals surface area contributed by atoms with Gasteiger partial charge in [-0.05, 0) is 43.4 Å². The van der Waals surface area contributed by atoms with Crippen molar-refractivity contribution in [1.82, 2.24) is 4.90 Å². The molecule has 1 saturated carbocycles. The number of rotatable bonds is 4. The molecule has 2 heterocycles. The van der Waals surface area contributed by atoms with Gasteiger partial charge in [-0.25, -0.2) is 0 Å². The highest BCUT2D eigenvalue weighted by Crippen LogP contribution is 2.44. The van der Waals surface area contributed by atoms with Crippen LogP contribution >= 0.6 is 0 Å². The molecule has 1 amide bonds. The Morgan fingerprint density at radius 1 is 1.14 bits per heavy atom. The Kier molecular flexibility index (Phi) is 4.20. The maximum Gasteiger partial charge on any atom is 0.308 e. The summed E-state index contributed by atoms with van der Waals surface area (Å²) in [6, 6.07) is 0. The lowest BCUT2D eigenvalue weighted by atomic mass is 9.86. The van der Waals surface area contributed by atoms with E-state index < -0.39 is 5.97 Å². The van der Waals surface area contributed by atoms with E-state index in [4.69, 9.17) is 4.74 Å². The lowest BCUT2D eigenvalue weighted by molar-refractivity contribution is -0.143. The maximum absolute atomic E-state index is 12.7. The molecule has 3 fully saturated rings. The van der Waals surface area contributed by atoms with Crippen LogP contribution in [0, 0.1) is 29.6 Å². The number of hydrogen-bond donors (Lipinski definition) is 1. The van der Waals surface area contributed by atoms with Crippen LogP contribution in [0.2, 0.25) is 0 Å². The summed E-state index contributed by atoms with van der Waals surface area (Å²) in [6.07, 6.45) is 4.14. The molecule has 0 bridgehead atoms. The number of aliphatic carboxylic acids is 1. The summed E-state index contributed by atoms with van der Waals surface area (Å²) in [5, 5.41) is 9.39. The van der Waals surface area contributed by atoms with E-state index in [1.54, 1.807) is 0 Å². The van der Waals surface area contributed by atoms with Crippen molar-refractivity contribution in [3.05, 3.63) is 0 Å². The zero-order chi connectivity index (χ0) is 15.0. The molecule has 3 atom stereocenters. The number of carboxylic acid groups (broad SMARTS) is 1. The number of amides is 1. The summed E-state index contributed by atoms with van der Waals surface area (Å²) in [4.78, 5) is 25.9. The number of carbonyl (C=O) groups excluding carboxylic acids is 1. The second-order valence-corrected chi connectivity index (χ2v) is 6.93. The average molecular weight is 295 g/mol. The van der Waals surface area contributed by atoms with Crippen LogP contribution in [0.15, 0.2) is 0 Å². The van der Waals surface area contributed by atoms with Crippen molar-refractivity contribution in [1.29, 1.82) is 0 Å². The summed E-state index contributed by atoms with van der Waals surface area (Å²) in [6.45, 7) is 4.53. The van der Waals surface area contributed by atoms with Gasteiger partial charge in [0.1, 0.15) is 0 Å². The third-order valence-corrected chi connectivity index (χ3v) is 5.58. The van der Waals surface area contributed by atoms with E-state index in [1.807, 2.05) is 11.8 Å². The Labute approximate surface area is 125 Å². The largest absolute Gasteiger partial charge is 0.481 e. The number of hydrogen-bond acceptors (Lipinski definition) is 3. The second kappa shape index (κ2) is 5.95. The summed E-state index contributed by atoms with van der Waals surface area (Å²) in [5.74, 6) is 0.131. The zero-order valence-corrected chi connectivity index (χ0v) is 12.7. The van der Waals surface area contributed by atoms with Crippen molar-refractivity contribution >= 4 is 11.9 Å². The Morgan fingerprint density at radius 2 is 1.81 bits per heavy atom. The molecule has 2 aliphatic heterocycles. The van der Waals surface area contributed by atoms with Gasteiger partial charge in [-0.1, -0.05) is 6.92 Å². The number of nitrogens with zero attached hydrogens (tertiary/aromatic N) is 1. The number of carboxylic acids is 1. The first-order chi connectivity index (χ1) is 10.1. The SMILES string of the molecule is CC(C(=O)N1C[C@H](C(=O)O)[C@@H](C2CC2)C1)C1CCOCC1. The van der Waals surface area contributed by atoms with Crippen molar-refractivity contribution in [2.45, 2.75) is 32.6 Å². The Hall–Kier alpha value is -1.10. The standard InChI is InChI=1S/C16H25NO4/c1-10(11-4-6-21-7-5-11)15(18)17-8-13(12-2-3-12)14(9-17)16(19)20/h10-14H,2-9H2,1H3,(H,19,20)/t10?,13-,14+/m1/s1. The van der Waals surface area contributed by atoms with E-state index in [9.17, 15) is 14.7 Å². The molecule has 1 aliphatic carbocycles. The first kappa shape index (κ1) is 14.8. The van der Waals surface area contributed by atoms with Gasteiger partial charge in [0.05, 0.1) is 5.92 Å². The molecule has 0 spiro atoms. The van der Waals surface area contributed by atoms with Crippen LogP contribution < -0.4 is 0 Å². The number of carbonyl (C=O) groups is 2. The number of likely N-dealkylation sites (tertiary alicyclic amines) is 1. The third kappa shape index (κ3) is 3.07. The molecule has 5 heteroatoms. The van der Waals surface area contributed by atoms with Crippen molar-refractivity contribution < 1.29 is 19.4 Å². The van der Waals surface area contributed by atoms with Crippen LogP contribution in [0.5, 0.6) is 0 Å². The lowest BCUT2D eigenvalue weighted by Gasteiger charge is -2.30. The highest BCUT2D eigenvalue weighted by Gasteiger charge is 2.47. The lowest BCUT2D eigenvalue weighted by Crippen LogP contribution is -2.38. The predicted molar refractivity (Wildman–Crippen MR) is 76.6 cm³/mol. The van der Waals surface area contributed by atoms with Crippen molar-refractivity contribution in [2.75, 3.05) is 26.3 Å². The molecular formula is C16H25NO4. The van der Waals surface area contributed by atoms with Crippen LogP contribution in [0.25, 0.3) is 0 Å². The molecule has 3 aliphatic rings. The van der Waals surface area contributed by atoms with E-state index in [0.29, 0.717) is 24.9 Å². The van der Waals surface area contributed by atoms with Crippen molar-refractivity contribution in [2.24, 2.45) is 29.6 Å². The Balaban J connectivity index is 1.63. The van der Waals surface area contributed by atoms with E-state index in [-0.39, 0.29) is 23.7 Å². The van der Waals surface area contributed by atoms with Gasteiger partial charge in [-0.15, -0.1) is 0 Å². The van der Waals surface area contributed by atoms with Crippen LogP contribution in [-0.4, -0.2) is 48.2 Å². The highest BCUT2D eigenvalue weighted by molar-refractivity contribution is 5.81. The monoisotopic (exact) mass is 295 g/mol. The van der Waals surface area contributed by atoms with Crippen molar-refractivity contribution in [3.63, 3.8) is 0 Å². The number of ether oxygens (including phenoxy) is 1. The van der Waals surface area contributed by atoms with Crippen molar-refractivity contribution in [3.8, 4) is 0 Å². The van der Waals surface area contributed by atoms with E-state index in [0.717, 1.165) is 38.9 Å². The molecule has 0 aromatic heterocycles. The Morgan fingerprint density at radius 3 is 2.38 bits per heavy atom. The van der Waals surface area contributed by atoms with Crippen LogP contribution in [0.3, 0.4) is 0 Å². The van der Waals surface area contributed by atoms with Crippen LogP contribution in [-0.2, 0) is 14.3 Å². The maximum atomic E-state index is 12.7. The van der Waals surface area contributed by atoms with Gasteiger partial charge in [-0.3, -0.25) is 9.59 Å². The summed E-state index contributed by atoms with van der Waals surface area (Å²) in [7, 11) is 0.